The second-order valence-electron chi connectivity index (χ2n) is 5.75. The highest BCUT2D eigenvalue weighted by Gasteiger charge is 2.44. The number of halogens is 1. The van der Waals surface area contributed by atoms with Crippen LogP contribution >= 0.6 is 39.9 Å². The number of aromatic hydroxyl groups is 1. The van der Waals surface area contributed by atoms with Crippen LogP contribution in [-0.2, 0) is 16.0 Å². The van der Waals surface area contributed by atoms with Crippen molar-refractivity contribution in [3.63, 3.8) is 0 Å². The Labute approximate surface area is 168 Å². The van der Waals surface area contributed by atoms with Gasteiger partial charge in [0.25, 0.3) is 0 Å². The zero-order valence-corrected chi connectivity index (χ0v) is 16.6. The maximum Gasteiger partial charge on any atom is 0.327 e. The van der Waals surface area contributed by atoms with Gasteiger partial charge in [0.1, 0.15) is 21.4 Å². The predicted octanol–water partition coefficient (Wildman–Crippen LogP) is 3.75. The van der Waals surface area contributed by atoms with Gasteiger partial charge in [0.2, 0.25) is 5.91 Å². The summed E-state index contributed by atoms with van der Waals surface area (Å²) >= 11 is 9.88. The predicted molar refractivity (Wildman–Crippen MR) is 107 cm³/mol. The van der Waals surface area contributed by atoms with Crippen molar-refractivity contribution >= 4 is 56.1 Å². The fourth-order valence-corrected chi connectivity index (χ4v) is 4.68. The Hall–Kier alpha value is -1.90. The Morgan fingerprint density at radius 1 is 1.27 bits per heavy atom. The fraction of sp³-hybridized carbons (Fsp3) is 0.167. The van der Waals surface area contributed by atoms with Crippen molar-refractivity contribution in [1.29, 1.82) is 0 Å². The molecule has 1 amide bonds. The lowest BCUT2D eigenvalue weighted by molar-refractivity contribution is -0.146. The minimum atomic E-state index is -1.12. The van der Waals surface area contributed by atoms with Crippen LogP contribution < -0.4 is 0 Å². The number of phenolic OH excluding ortho intramolecular Hbond substituents is 1. The lowest BCUT2D eigenvalue weighted by Gasteiger charge is -2.24. The van der Waals surface area contributed by atoms with Crippen LogP contribution in [-0.4, -0.2) is 37.4 Å². The van der Waals surface area contributed by atoms with Crippen LogP contribution in [0.5, 0.6) is 5.75 Å². The number of carbonyl (C=O) groups excluding carboxylic acids is 1. The largest absolute Gasteiger partial charge is 0.508 e. The van der Waals surface area contributed by atoms with E-state index in [1.54, 1.807) is 12.1 Å². The topological polar surface area (TPSA) is 77.8 Å². The van der Waals surface area contributed by atoms with Gasteiger partial charge < -0.3 is 10.2 Å². The third-order valence-electron chi connectivity index (χ3n) is 3.99. The number of phenols is 1. The van der Waals surface area contributed by atoms with E-state index in [9.17, 15) is 19.8 Å². The summed E-state index contributed by atoms with van der Waals surface area (Å²) in [6, 6.07) is 12.5. The first kappa shape index (κ1) is 18.9. The second kappa shape index (κ2) is 7.77. The molecular weight excluding hydrogens is 438 g/mol. The number of aliphatic carboxylic acids is 1. The van der Waals surface area contributed by atoms with E-state index in [-0.39, 0.29) is 22.4 Å². The summed E-state index contributed by atoms with van der Waals surface area (Å²) in [6.45, 7) is 0. The number of thioether (sulfide) groups is 1. The van der Waals surface area contributed by atoms with E-state index in [4.69, 9.17) is 12.2 Å². The molecule has 2 unspecified atom stereocenters. The van der Waals surface area contributed by atoms with Gasteiger partial charge in [-0.15, -0.1) is 0 Å². The number of carboxylic acids is 1. The highest BCUT2D eigenvalue weighted by Crippen LogP contribution is 2.41. The van der Waals surface area contributed by atoms with E-state index in [1.165, 1.54) is 28.8 Å². The first-order chi connectivity index (χ1) is 12.4. The zero-order valence-electron chi connectivity index (χ0n) is 13.3. The average molecular weight is 452 g/mol. The van der Waals surface area contributed by atoms with Crippen molar-refractivity contribution in [2.24, 2.45) is 0 Å². The zero-order chi connectivity index (χ0) is 18.8. The summed E-state index contributed by atoms with van der Waals surface area (Å²) in [5.41, 5.74) is 1.47. The number of carboxylic acid groups (broad SMARTS) is 1. The highest BCUT2D eigenvalue weighted by atomic mass is 79.9. The van der Waals surface area contributed by atoms with Crippen molar-refractivity contribution < 1.29 is 19.8 Å². The first-order valence-corrected chi connectivity index (χ1v) is 9.75. The molecule has 0 spiro atoms. The van der Waals surface area contributed by atoms with E-state index >= 15 is 0 Å². The summed E-state index contributed by atoms with van der Waals surface area (Å²) in [4.78, 5) is 25.9. The molecule has 2 aromatic rings. The summed E-state index contributed by atoms with van der Waals surface area (Å²) < 4.78 is 1.10. The molecule has 8 heteroatoms. The van der Waals surface area contributed by atoms with Gasteiger partial charge in [-0.3, -0.25) is 9.69 Å². The minimum Gasteiger partial charge on any atom is -0.508 e. The maximum absolute atomic E-state index is 12.9. The third kappa shape index (κ3) is 3.92. The molecule has 5 nitrogen and oxygen atoms in total. The van der Waals surface area contributed by atoms with Crippen LogP contribution in [0.25, 0.3) is 0 Å². The Bertz CT molecular complexity index is 872. The highest BCUT2D eigenvalue weighted by molar-refractivity contribution is 9.10. The number of nitrogens with zero attached hydrogens (tertiary/aromatic N) is 1. The van der Waals surface area contributed by atoms with Crippen LogP contribution in [0.15, 0.2) is 53.0 Å². The third-order valence-corrected chi connectivity index (χ3v) is 6.08. The average Bonchev–Trinajstić information content (AvgIpc) is 2.89. The molecule has 0 bridgehead atoms. The van der Waals surface area contributed by atoms with Crippen LogP contribution in [0, 0.1) is 0 Å². The van der Waals surface area contributed by atoms with Crippen molar-refractivity contribution in [2.45, 2.75) is 17.7 Å². The molecule has 26 heavy (non-hydrogen) atoms. The van der Waals surface area contributed by atoms with Gasteiger partial charge in [-0.2, -0.15) is 0 Å². The Kier molecular flexibility index (Phi) is 5.64. The quantitative estimate of drug-likeness (QED) is 0.673. The molecule has 2 aromatic carbocycles. The molecular formula is C18H14BrNO4S2. The Morgan fingerprint density at radius 2 is 1.96 bits per heavy atom. The molecule has 1 aliphatic rings. The smallest absolute Gasteiger partial charge is 0.327 e. The number of benzene rings is 2. The number of hydrogen-bond donors (Lipinski definition) is 2. The van der Waals surface area contributed by atoms with Gasteiger partial charge in [-0.05, 0) is 35.4 Å². The molecule has 1 heterocycles. The SMILES string of the molecule is O=C(O)C(Cc1ccc(O)cc1)N1C(=O)C(c2cccc(Br)c2)SC1=S. The number of rotatable bonds is 5. The van der Waals surface area contributed by atoms with Gasteiger partial charge in [0.05, 0.1) is 0 Å². The summed E-state index contributed by atoms with van der Waals surface area (Å²) in [5, 5.41) is 18.5. The molecule has 1 saturated heterocycles. The summed E-state index contributed by atoms with van der Waals surface area (Å²) in [7, 11) is 0. The van der Waals surface area contributed by atoms with Crippen LogP contribution in [0.2, 0.25) is 0 Å². The van der Waals surface area contributed by atoms with E-state index < -0.39 is 17.3 Å². The molecule has 0 radical (unpaired) electrons. The second-order valence-corrected chi connectivity index (χ2v) is 8.41. The van der Waals surface area contributed by atoms with Crippen molar-refractivity contribution in [3.05, 3.63) is 64.1 Å². The molecule has 0 aliphatic carbocycles. The Morgan fingerprint density at radius 3 is 2.58 bits per heavy atom. The lowest BCUT2D eigenvalue weighted by atomic mass is 10.0. The summed E-state index contributed by atoms with van der Waals surface area (Å²) in [6.07, 6.45) is 0.104. The van der Waals surface area contributed by atoms with Crippen LogP contribution in [0.4, 0.5) is 0 Å². The monoisotopic (exact) mass is 451 g/mol. The Balaban J connectivity index is 1.87. The maximum atomic E-state index is 12.9. The van der Waals surface area contributed by atoms with E-state index in [0.29, 0.717) is 5.56 Å². The number of hydrogen-bond acceptors (Lipinski definition) is 5. The van der Waals surface area contributed by atoms with E-state index in [0.717, 1.165) is 10.0 Å². The molecule has 2 atom stereocenters. The number of carbonyl (C=O) groups is 2. The van der Waals surface area contributed by atoms with Gasteiger partial charge in [-0.1, -0.05) is 64.2 Å². The van der Waals surface area contributed by atoms with Crippen molar-refractivity contribution in [2.75, 3.05) is 0 Å². The molecule has 134 valence electrons. The minimum absolute atomic E-state index is 0.0960. The number of amides is 1. The van der Waals surface area contributed by atoms with Crippen molar-refractivity contribution in [1.82, 2.24) is 4.90 Å². The molecule has 0 saturated carbocycles. The normalized spacial score (nSPS) is 18.2. The van der Waals surface area contributed by atoms with Gasteiger partial charge >= 0.3 is 5.97 Å². The fourth-order valence-electron chi connectivity index (χ4n) is 2.73. The first-order valence-electron chi connectivity index (χ1n) is 7.66. The van der Waals surface area contributed by atoms with E-state index in [2.05, 4.69) is 15.9 Å². The van der Waals surface area contributed by atoms with E-state index in [1.807, 2.05) is 24.3 Å². The van der Waals surface area contributed by atoms with Gasteiger partial charge in [0.15, 0.2) is 0 Å². The molecule has 3 rings (SSSR count). The molecule has 1 aliphatic heterocycles. The molecule has 2 N–H and O–H groups in total. The van der Waals surface area contributed by atoms with Crippen LogP contribution in [0.1, 0.15) is 16.4 Å². The lowest BCUT2D eigenvalue weighted by Crippen LogP contribution is -2.45. The van der Waals surface area contributed by atoms with Gasteiger partial charge in [0, 0.05) is 10.9 Å². The molecule has 1 fully saturated rings. The number of thiocarbonyl (C=S) groups is 1. The van der Waals surface area contributed by atoms with Crippen molar-refractivity contribution in [3.8, 4) is 5.75 Å². The van der Waals surface area contributed by atoms with Crippen LogP contribution in [0.3, 0.4) is 0 Å². The van der Waals surface area contributed by atoms with Gasteiger partial charge in [-0.25, -0.2) is 4.79 Å². The molecule has 0 aromatic heterocycles. The standard InChI is InChI=1S/C18H14BrNO4S2/c19-12-3-1-2-11(9-12)15-16(22)20(18(25)26-15)14(17(23)24)8-10-4-6-13(21)7-5-10/h1-7,9,14-15,21H,8H2,(H,23,24). The summed E-state index contributed by atoms with van der Waals surface area (Å²) in [5.74, 6) is -1.35.